The molecule has 9 aromatic rings. The lowest BCUT2D eigenvalue weighted by Gasteiger charge is -2.44. The van der Waals surface area contributed by atoms with Crippen molar-refractivity contribution in [1.82, 2.24) is 0 Å². The average Bonchev–Trinajstić information content (AvgIpc) is 3.30. The lowest BCUT2D eigenvalue weighted by Crippen LogP contribution is -2.61. The van der Waals surface area contributed by atoms with Gasteiger partial charge >= 0.3 is 0 Å². The fraction of sp³-hybridized carbons (Fsp3) is 0. The molecule has 0 spiro atoms. The number of nitrogens with zero attached hydrogens (tertiary/aromatic N) is 2. The van der Waals surface area contributed by atoms with Gasteiger partial charge in [-0.05, 0) is 109 Å². The zero-order valence-electron chi connectivity index (χ0n) is 31.3. The van der Waals surface area contributed by atoms with Crippen LogP contribution in [-0.2, 0) is 0 Å². The van der Waals surface area contributed by atoms with Crippen LogP contribution in [0.3, 0.4) is 0 Å². The Bertz CT molecular complexity index is 2680. The van der Waals surface area contributed by atoms with E-state index in [9.17, 15) is 0 Å². The van der Waals surface area contributed by atoms with Crippen LogP contribution in [0.25, 0.3) is 44.5 Å². The van der Waals surface area contributed by atoms with Gasteiger partial charge in [0.15, 0.2) is 0 Å². The first kappa shape index (κ1) is 33.0. The van der Waals surface area contributed by atoms with E-state index in [2.05, 4.69) is 234 Å². The van der Waals surface area contributed by atoms with Gasteiger partial charge in [0.1, 0.15) is 0 Å². The van der Waals surface area contributed by atoms with Gasteiger partial charge in [-0.15, -0.1) is 0 Å². The molecule has 2 aliphatic heterocycles. The zero-order chi connectivity index (χ0) is 37.7. The summed E-state index contributed by atoms with van der Waals surface area (Å²) in [6, 6.07) is 82.1. The van der Waals surface area contributed by atoms with Crippen molar-refractivity contribution in [2.24, 2.45) is 0 Å². The minimum absolute atomic E-state index is 0.0410. The number of benzene rings is 9. The van der Waals surface area contributed by atoms with Crippen molar-refractivity contribution in [1.29, 1.82) is 0 Å². The summed E-state index contributed by atoms with van der Waals surface area (Å²) in [5, 5.41) is 0. The summed E-state index contributed by atoms with van der Waals surface area (Å²) in [5.41, 5.74) is 20.6. The summed E-state index contributed by atoms with van der Waals surface area (Å²) in [5.74, 6) is 0. The van der Waals surface area contributed by atoms with E-state index in [4.69, 9.17) is 0 Å². The van der Waals surface area contributed by atoms with E-state index >= 15 is 0 Å². The molecule has 11 rings (SSSR count). The highest BCUT2D eigenvalue weighted by atomic mass is 15.2. The Balaban J connectivity index is 1.28. The molecular weight excluding hydrogens is 687 g/mol. The van der Waals surface area contributed by atoms with Crippen molar-refractivity contribution in [3.63, 3.8) is 0 Å². The van der Waals surface area contributed by atoms with Crippen molar-refractivity contribution in [2.45, 2.75) is 0 Å². The molecule has 2 aliphatic rings. The summed E-state index contributed by atoms with van der Waals surface area (Å²) in [7, 11) is 0. The third kappa shape index (κ3) is 5.51. The van der Waals surface area contributed by atoms with Crippen molar-refractivity contribution < 1.29 is 0 Å². The molecule has 0 saturated heterocycles. The molecule has 0 radical (unpaired) electrons. The molecule has 0 N–H and O–H groups in total. The first-order chi connectivity index (χ1) is 28.3. The Hall–Kier alpha value is -7.36. The molecule has 3 heteroatoms. The lowest BCUT2D eigenvalue weighted by molar-refractivity contribution is 1.25. The van der Waals surface area contributed by atoms with E-state index in [1.54, 1.807) is 0 Å². The highest BCUT2D eigenvalue weighted by Crippen LogP contribution is 2.47. The van der Waals surface area contributed by atoms with E-state index in [0.29, 0.717) is 0 Å². The number of hydrogen-bond donors (Lipinski definition) is 0. The van der Waals surface area contributed by atoms with Gasteiger partial charge < -0.3 is 9.80 Å². The van der Waals surface area contributed by atoms with Crippen LogP contribution in [0.2, 0.25) is 0 Å². The van der Waals surface area contributed by atoms with Gasteiger partial charge in [0.25, 0.3) is 6.71 Å². The van der Waals surface area contributed by atoms with Gasteiger partial charge in [-0.1, -0.05) is 176 Å². The molecule has 0 aromatic heterocycles. The molecule has 2 nitrogen and oxygen atoms in total. The highest BCUT2D eigenvalue weighted by Gasteiger charge is 2.44. The molecule has 0 fully saturated rings. The summed E-state index contributed by atoms with van der Waals surface area (Å²) in [6.45, 7) is -0.0410. The topological polar surface area (TPSA) is 6.48 Å². The fourth-order valence-corrected chi connectivity index (χ4v) is 9.16. The maximum absolute atomic E-state index is 2.50. The second-order valence-electron chi connectivity index (χ2n) is 14.9. The summed E-state index contributed by atoms with van der Waals surface area (Å²) in [6.07, 6.45) is 0. The van der Waals surface area contributed by atoms with Crippen LogP contribution in [0.4, 0.5) is 34.1 Å². The van der Waals surface area contributed by atoms with Crippen LogP contribution in [0.1, 0.15) is 0 Å². The van der Waals surface area contributed by atoms with Gasteiger partial charge in [-0.2, -0.15) is 0 Å². The molecule has 0 aliphatic carbocycles. The van der Waals surface area contributed by atoms with E-state index in [0.717, 1.165) is 11.4 Å². The quantitative estimate of drug-likeness (QED) is 0.158. The average molecular weight is 725 g/mol. The normalized spacial score (nSPS) is 12.5. The van der Waals surface area contributed by atoms with Crippen molar-refractivity contribution in [3.05, 3.63) is 224 Å². The van der Waals surface area contributed by atoms with Gasteiger partial charge in [-0.25, -0.2) is 0 Å². The Morgan fingerprint density at radius 2 is 0.561 bits per heavy atom. The van der Waals surface area contributed by atoms with E-state index in [1.165, 1.54) is 83.6 Å². The molecule has 0 bridgehead atoms. The Labute approximate surface area is 334 Å². The smallest absolute Gasteiger partial charge is 0.252 e. The van der Waals surface area contributed by atoms with Gasteiger partial charge in [0, 0.05) is 34.1 Å². The van der Waals surface area contributed by atoms with Crippen LogP contribution >= 0.6 is 0 Å². The van der Waals surface area contributed by atoms with Gasteiger partial charge in [0.05, 0.1) is 0 Å². The van der Waals surface area contributed by atoms with Crippen LogP contribution < -0.4 is 26.2 Å². The molecule has 0 saturated carbocycles. The Kier molecular flexibility index (Phi) is 7.96. The number of para-hydroxylation sites is 2. The standard InChI is InChI=1S/C54H37BN2/c1-7-20-38(21-8-1)44-34-48-52(36-46(44)40-24-11-3-12-25-40)56(42-28-15-5-16-29-42)50-32-19-33-51-54(50)55(48)49-35-45(39-22-9-2-10-23-39)47(41-26-13-4-14-27-41)37-53(49)57(51)43-30-17-6-18-31-43/h1-37H. The summed E-state index contributed by atoms with van der Waals surface area (Å²) < 4.78 is 0. The molecule has 9 aromatic carbocycles. The maximum Gasteiger partial charge on any atom is 0.252 e. The predicted octanol–water partition coefficient (Wildman–Crippen LogP) is 12.4. The van der Waals surface area contributed by atoms with Crippen molar-refractivity contribution in [2.75, 3.05) is 9.80 Å². The van der Waals surface area contributed by atoms with Crippen molar-refractivity contribution >= 4 is 57.2 Å². The molecule has 0 amide bonds. The SMILES string of the molecule is c1ccc(-c2cc3c(cc2-c2ccccc2)N(c2ccccc2)c2cccc4c2B3c2cc(-c3ccccc3)c(-c3ccccc3)cc2N4c2ccccc2)cc1. The van der Waals surface area contributed by atoms with Crippen LogP contribution in [0.5, 0.6) is 0 Å². The Morgan fingerprint density at radius 1 is 0.263 bits per heavy atom. The third-order valence-corrected chi connectivity index (χ3v) is 11.6. The summed E-state index contributed by atoms with van der Waals surface area (Å²) >= 11 is 0. The molecule has 2 heterocycles. The molecule has 57 heavy (non-hydrogen) atoms. The molecule has 0 atom stereocenters. The second kappa shape index (κ2) is 13.7. The van der Waals surface area contributed by atoms with Crippen LogP contribution in [0.15, 0.2) is 224 Å². The minimum Gasteiger partial charge on any atom is -0.311 e. The number of rotatable bonds is 6. The third-order valence-electron chi connectivity index (χ3n) is 11.6. The monoisotopic (exact) mass is 724 g/mol. The highest BCUT2D eigenvalue weighted by molar-refractivity contribution is 7.00. The molecular formula is C54H37BN2. The first-order valence-corrected chi connectivity index (χ1v) is 19.7. The second-order valence-corrected chi connectivity index (χ2v) is 14.9. The molecule has 0 unspecified atom stereocenters. The first-order valence-electron chi connectivity index (χ1n) is 19.7. The van der Waals surface area contributed by atoms with Crippen LogP contribution in [0, 0.1) is 0 Å². The fourth-order valence-electron chi connectivity index (χ4n) is 9.16. The van der Waals surface area contributed by atoms with Gasteiger partial charge in [-0.3, -0.25) is 0 Å². The maximum atomic E-state index is 2.50. The van der Waals surface area contributed by atoms with E-state index in [1.807, 2.05) is 0 Å². The summed E-state index contributed by atoms with van der Waals surface area (Å²) in [4.78, 5) is 4.99. The minimum atomic E-state index is -0.0410. The zero-order valence-corrected chi connectivity index (χ0v) is 31.3. The van der Waals surface area contributed by atoms with E-state index < -0.39 is 0 Å². The number of anilines is 6. The lowest BCUT2D eigenvalue weighted by atomic mass is 9.33. The largest absolute Gasteiger partial charge is 0.311 e. The van der Waals surface area contributed by atoms with Crippen molar-refractivity contribution in [3.8, 4) is 44.5 Å². The van der Waals surface area contributed by atoms with E-state index in [-0.39, 0.29) is 6.71 Å². The number of hydrogen-bond acceptors (Lipinski definition) is 2. The molecule has 266 valence electrons. The van der Waals surface area contributed by atoms with Crippen LogP contribution in [-0.4, -0.2) is 6.71 Å². The van der Waals surface area contributed by atoms with Gasteiger partial charge in [0.2, 0.25) is 0 Å². The predicted molar refractivity (Wildman–Crippen MR) is 242 cm³/mol. The number of fused-ring (bicyclic) bond motifs is 4. The Morgan fingerprint density at radius 3 is 0.895 bits per heavy atom.